The molecule has 0 heterocycles. The first kappa shape index (κ1) is 9.95. The Kier molecular flexibility index (Phi) is 3.09. The molecule has 1 aliphatic rings. The van der Waals surface area contributed by atoms with Crippen LogP contribution in [-0.4, -0.2) is 32.5 Å². The molecule has 4 nitrogen and oxygen atoms in total. The monoisotopic (exact) mass is 194 g/mol. The van der Waals surface area contributed by atoms with Crippen molar-refractivity contribution >= 4 is 10.1 Å². The molecule has 72 valence electrons. The Morgan fingerprint density at radius 1 is 1.50 bits per heavy atom. The van der Waals surface area contributed by atoms with Crippen LogP contribution < -0.4 is 0 Å². The predicted octanol–water partition coefficient (Wildman–Crippen LogP) is 0.124. The summed E-state index contributed by atoms with van der Waals surface area (Å²) in [6.07, 6.45) is 1.76. The lowest BCUT2D eigenvalue weighted by molar-refractivity contribution is 0.179. The van der Waals surface area contributed by atoms with Gasteiger partial charge in [-0.25, -0.2) is 0 Å². The Morgan fingerprint density at radius 3 is 2.58 bits per heavy atom. The largest absolute Gasteiger partial charge is 0.393 e. The van der Waals surface area contributed by atoms with Gasteiger partial charge in [0, 0.05) is 0 Å². The average Bonchev–Trinajstić information content (AvgIpc) is 2.35. The van der Waals surface area contributed by atoms with Crippen LogP contribution in [0.3, 0.4) is 0 Å². The molecule has 0 aliphatic heterocycles. The fourth-order valence-corrected chi connectivity index (χ4v) is 2.57. The van der Waals surface area contributed by atoms with Crippen LogP contribution in [0.4, 0.5) is 0 Å². The smallest absolute Gasteiger partial charge is 0.267 e. The highest BCUT2D eigenvalue weighted by molar-refractivity contribution is 7.86. The van der Waals surface area contributed by atoms with E-state index in [9.17, 15) is 8.42 Å². The van der Waals surface area contributed by atoms with Crippen molar-refractivity contribution in [2.45, 2.75) is 25.4 Å². The molecular formula is C7H14O4S. The number of rotatable bonds is 3. The van der Waals surface area contributed by atoms with E-state index in [0.29, 0.717) is 12.8 Å². The van der Waals surface area contributed by atoms with Gasteiger partial charge in [0.2, 0.25) is 0 Å². The van der Waals surface area contributed by atoms with E-state index in [1.807, 2.05) is 0 Å². The zero-order valence-electron chi connectivity index (χ0n) is 7.06. The van der Waals surface area contributed by atoms with Crippen molar-refractivity contribution in [1.82, 2.24) is 0 Å². The third-order valence-corrected chi connectivity index (χ3v) is 3.59. The Balaban J connectivity index is 2.43. The highest BCUT2D eigenvalue weighted by Crippen LogP contribution is 2.26. The summed E-state index contributed by atoms with van der Waals surface area (Å²) in [6, 6.07) is 0. The zero-order chi connectivity index (χ0) is 9.19. The van der Waals surface area contributed by atoms with Gasteiger partial charge in [-0.1, -0.05) is 0 Å². The van der Waals surface area contributed by atoms with Crippen LogP contribution in [0, 0.1) is 5.92 Å². The fourth-order valence-electron chi connectivity index (χ4n) is 1.56. The van der Waals surface area contributed by atoms with Crippen LogP contribution in [0.15, 0.2) is 0 Å². The molecule has 0 amide bonds. The summed E-state index contributed by atoms with van der Waals surface area (Å²) in [6.45, 7) is 0. The van der Waals surface area contributed by atoms with Gasteiger partial charge in [-0.3, -0.25) is 4.18 Å². The highest BCUT2D eigenvalue weighted by atomic mass is 32.2. The van der Waals surface area contributed by atoms with E-state index in [4.69, 9.17) is 5.11 Å². The lowest BCUT2D eigenvalue weighted by Gasteiger charge is -2.07. The van der Waals surface area contributed by atoms with Crippen molar-refractivity contribution in [3.8, 4) is 0 Å². The summed E-state index contributed by atoms with van der Waals surface area (Å²) in [5, 5.41) is 9.13. The molecule has 1 rings (SSSR count). The second kappa shape index (κ2) is 3.72. The molecule has 2 atom stereocenters. The zero-order valence-corrected chi connectivity index (χ0v) is 7.88. The normalized spacial score (nSPS) is 30.8. The number of aliphatic hydroxyl groups is 1. The topological polar surface area (TPSA) is 63.6 Å². The van der Waals surface area contributed by atoms with Crippen LogP contribution >= 0.6 is 0 Å². The summed E-state index contributed by atoms with van der Waals surface area (Å²) < 4.78 is 26.2. The quantitative estimate of drug-likeness (QED) is 0.648. The van der Waals surface area contributed by atoms with E-state index in [1.54, 1.807) is 0 Å². The molecule has 0 radical (unpaired) electrons. The third-order valence-electron chi connectivity index (χ3n) is 2.21. The predicted molar refractivity (Wildman–Crippen MR) is 44.1 cm³/mol. The average molecular weight is 194 g/mol. The van der Waals surface area contributed by atoms with Gasteiger partial charge < -0.3 is 5.11 Å². The van der Waals surface area contributed by atoms with Crippen LogP contribution in [0.5, 0.6) is 0 Å². The van der Waals surface area contributed by atoms with Crippen molar-refractivity contribution in [1.29, 1.82) is 0 Å². The minimum atomic E-state index is -3.34. The molecule has 1 aliphatic carbocycles. The first-order chi connectivity index (χ1) is 5.53. The maximum Gasteiger partial charge on any atom is 0.267 e. The summed E-state index contributed by atoms with van der Waals surface area (Å²) >= 11 is 0. The van der Waals surface area contributed by atoms with Crippen molar-refractivity contribution in [2.24, 2.45) is 5.92 Å². The molecule has 1 N–H and O–H groups in total. The lowest BCUT2D eigenvalue weighted by Crippen LogP contribution is -2.15. The van der Waals surface area contributed by atoms with E-state index in [2.05, 4.69) is 4.18 Å². The van der Waals surface area contributed by atoms with E-state index in [0.717, 1.165) is 6.42 Å². The molecule has 0 aromatic heterocycles. The summed E-state index contributed by atoms with van der Waals surface area (Å²) in [5.41, 5.74) is 0. The Hall–Kier alpha value is -0.130. The van der Waals surface area contributed by atoms with E-state index >= 15 is 0 Å². The molecule has 5 heteroatoms. The molecule has 0 aromatic rings. The van der Waals surface area contributed by atoms with E-state index < -0.39 is 10.1 Å². The first-order valence-electron chi connectivity index (χ1n) is 4.00. The molecule has 0 unspecified atom stereocenters. The standard InChI is InChI=1S/C7H14O4S/c1-11-12(9,10)5-6-2-3-7(8)4-6/h6-8H,2-5H2,1H3/t6-,7+/m1/s1. The van der Waals surface area contributed by atoms with Gasteiger partial charge >= 0.3 is 0 Å². The van der Waals surface area contributed by atoms with Crippen LogP contribution in [0.25, 0.3) is 0 Å². The van der Waals surface area contributed by atoms with E-state index in [-0.39, 0.29) is 17.8 Å². The SMILES string of the molecule is COS(=O)(=O)C[C@@H]1CC[C@H](O)C1. The molecule has 0 spiro atoms. The highest BCUT2D eigenvalue weighted by Gasteiger charge is 2.27. The van der Waals surface area contributed by atoms with Gasteiger partial charge in [0.1, 0.15) is 0 Å². The van der Waals surface area contributed by atoms with Crippen LogP contribution in [0.1, 0.15) is 19.3 Å². The van der Waals surface area contributed by atoms with Gasteiger partial charge in [-0.05, 0) is 25.2 Å². The Labute approximate surface area is 72.7 Å². The molecule has 1 fully saturated rings. The summed E-state index contributed by atoms with van der Waals surface area (Å²) in [5.74, 6) is 0.116. The lowest BCUT2D eigenvalue weighted by atomic mass is 10.1. The number of aliphatic hydroxyl groups excluding tert-OH is 1. The third kappa shape index (κ3) is 2.73. The van der Waals surface area contributed by atoms with Crippen LogP contribution in [-0.2, 0) is 14.3 Å². The number of hydrogen-bond donors (Lipinski definition) is 1. The van der Waals surface area contributed by atoms with Gasteiger partial charge in [0.25, 0.3) is 10.1 Å². The van der Waals surface area contributed by atoms with Gasteiger partial charge in [0.15, 0.2) is 0 Å². The number of hydrogen-bond acceptors (Lipinski definition) is 4. The molecule has 12 heavy (non-hydrogen) atoms. The molecule has 1 saturated carbocycles. The fraction of sp³-hybridized carbons (Fsp3) is 1.00. The van der Waals surface area contributed by atoms with Crippen molar-refractivity contribution in [3.05, 3.63) is 0 Å². The molecule has 0 bridgehead atoms. The van der Waals surface area contributed by atoms with Gasteiger partial charge in [0.05, 0.1) is 19.0 Å². The van der Waals surface area contributed by atoms with Gasteiger partial charge in [-0.15, -0.1) is 0 Å². The Morgan fingerprint density at radius 2 is 2.17 bits per heavy atom. The van der Waals surface area contributed by atoms with Gasteiger partial charge in [-0.2, -0.15) is 8.42 Å². The minimum Gasteiger partial charge on any atom is -0.393 e. The second-order valence-electron chi connectivity index (χ2n) is 3.22. The molecule has 0 aromatic carbocycles. The summed E-state index contributed by atoms with van der Waals surface area (Å²) in [7, 11) is -2.17. The van der Waals surface area contributed by atoms with Crippen molar-refractivity contribution < 1.29 is 17.7 Å². The molecular weight excluding hydrogens is 180 g/mol. The second-order valence-corrected chi connectivity index (χ2v) is 5.01. The maximum atomic E-state index is 11.0. The minimum absolute atomic E-state index is 0.0422. The first-order valence-corrected chi connectivity index (χ1v) is 5.57. The molecule has 0 saturated heterocycles. The summed E-state index contributed by atoms with van der Waals surface area (Å²) in [4.78, 5) is 0. The van der Waals surface area contributed by atoms with Crippen molar-refractivity contribution in [3.63, 3.8) is 0 Å². The van der Waals surface area contributed by atoms with Crippen molar-refractivity contribution in [2.75, 3.05) is 12.9 Å². The van der Waals surface area contributed by atoms with Crippen LogP contribution in [0.2, 0.25) is 0 Å². The Bertz CT molecular complexity index is 234. The van der Waals surface area contributed by atoms with E-state index in [1.165, 1.54) is 7.11 Å². The maximum absolute atomic E-state index is 11.0.